The number of anilines is 1. The van der Waals surface area contributed by atoms with E-state index in [1.54, 1.807) is 13.8 Å². The number of primary amides is 1. The van der Waals surface area contributed by atoms with Crippen LogP contribution in [0.4, 0.5) is 5.69 Å². The summed E-state index contributed by atoms with van der Waals surface area (Å²) in [4.78, 5) is 24.9. The van der Waals surface area contributed by atoms with Crippen molar-refractivity contribution in [2.24, 2.45) is 5.73 Å². The SMILES string of the molecule is COc1cc(N)c(Cl)cc1C(=O)N(CC(N)=O)C(C)C.Cl. The molecule has 0 unspecified atom stereocenters. The Labute approximate surface area is 134 Å². The first kappa shape index (κ1) is 19.3. The lowest BCUT2D eigenvalue weighted by molar-refractivity contribution is -0.119. The van der Waals surface area contributed by atoms with Crippen LogP contribution >= 0.6 is 24.0 Å². The topological polar surface area (TPSA) is 98.7 Å². The number of ether oxygens (including phenoxy) is 1. The Bertz CT molecular complexity index is 536. The van der Waals surface area contributed by atoms with Gasteiger partial charge in [-0.2, -0.15) is 0 Å². The molecule has 2 amide bonds. The van der Waals surface area contributed by atoms with Crippen molar-refractivity contribution in [1.29, 1.82) is 0 Å². The van der Waals surface area contributed by atoms with Crippen molar-refractivity contribution < 1.29 is 14.3 Å². The van der Waals surface area contributed by atoms with Crippen LogP contribution < -0.4 is 16.2 Å². The Morgan fingerprint density at radius 2 is 1.95 bits per heavy atom. The van der Waals surface area contributed by atoms with Gasteiger partial charge in [0.2, 0.25) is 5.91 Å². The van der Waals surface area contributed by atoms with Crippen molar-refractivity contribution in [2.75, 3.05) is 19.4 Å². The average molecular weight is 336 g/mol. The van der Waals surface area contributed by atoms with Crippen LogP contribution in [0.5, 0.6) is 5.75 Å². The molecule has 8 heteroatoms. The van der Waals surface area contributed by atoms with E-state index in [1.807, 2.05) is 0 Å². The van der Waals surface area contributed by atoms with E-state index in [1.165, 1.54) is 24.1 Å². The molecule has 0 fully saturated rings. The van der Waals surface area contributed by atoms with E-state index in [0.29, 0.717) is 11.4 Å². The quantitative estimate of drug-likeness (QED) is 0.799. The van der Waals surface area contributed by atoms with E-state index in [-0.39, 0.29) is 35.6 Å². The van der Waals surface area contributed by atoms with Gasteiger partial charge in [-0.3, -0.25) is 9.59 Å². The van der Waals surface area contributed by atoms with Crippen LogP contribution in [0.15, 0.2) is 12.1 Å². The Kier molecular flexibility index (Phi) is 7.32. The molecule has 0 aliphatic rings. The number of halogens is 2. The lowest BCUT2D eigenvalue weighted by atomic mass is 10.1. The second kappa shape index (κ2) is 7.95. The molecular weight excluding hydrogens is 317 g/mol. The van der Waals surface area contributed by atoms with Crippen LogP contribution in [0.1, 0.15) is 24.2 Å². The molecule has 4 N–H and O–H groups in total. The number of hydrogen-bond acceptors (Lipinski definition) is 4. The predicted octanol–water partition coefficient (Wildman–Crippen LogP) is 1.69. The van der Waals surface area contributed by atoms with E-state index in [9.17, 15) is 9.59 Å². The Hall–Kier alpha value is -1.66. The van der Waals surface area contributed by atoms with Crippen molar-refractivity contribution in [3.8, 4) is 5.75 Å². The molecule has 0 saturated heterocycles. The number of amides is 2. The number of methoxy groups -OCH3 is 1. The molecule has 0 spiro atoms. The Morgan fingerprint density at radius 3 is 2.38 bits per heavy atom. The highest BCUT2D eigenvalue weighted by molar-refractivity contribution is 6.33. The van der Waals surface area contributed by atoms with E-state index in [2.05, 4.69) is 0 Å². The van der Waals surface area contributed by atoms with Gasteiger partial charge < -0.3 is 21.1 Å². The van der Waals surface area contributed by atoms with Crippen molar-refractivity contribution >= 4 is 41.5 Å². The second-order valence-corrected chi connectivity index (χ2v) is 4.97. The van der Waals surface area contributed by atoms with Gasteiger partial charge in [0.15, 0.2) is 0 Å². The fourth-order valence-corrected chi connectivity index (χ4v) is 1.88. The summed E-state index contributed by atoms with van der Waals surface area (Å²) in [6.45, 7) is 3.39. The van der Waals surface area contributed by atoms with E-state index in [0.717, 1.165) is 0 Å². The third kappa shape index (κ3) is 4.68. The molecular formula is C13H19Cl2N3O3. The zero-order valence-electron chi connectivity index (χ0n) is 12.1. The number of nitrogens with two attached hydrogens (primary N) is 2. The summed E-state index contributed by atoms with van der Waals surface area (Å²) in [7, 11) is 1.42. The minimum atomic E-state index is -0.590. The molecule has 0 aliphatic heterocycles. The van der Waals surface area contributed by atoms with Crippen molar-refractivity contribution in [3.05, 3.63) is 22.7 Å². The van der Waals surface area contributed by atoms with Gasteiger partial charge in [0.1, 0.15) is 5.75 Å². The minimum absolute atomic E-state index is 0. The fraction of sp³-hybridized carbons (Fsp3) is 0.385. The van der Waals surface area contributed by atoms with Crippen LogP contribution in [-0.2, 0) is 4.79 Å². The number of nitrogens with zero attached hydrogens (tertiary/aromatic N) is 1. The maximum atomic E-state index is 12.5. The molecule has 1 rings (SSSR count). The summed E-state index contributed by atoms with van der Waals surface area (Å²) in [5.74, 6) is -0.683. The molecule has 0 saturated carbocycles. The third-order valence-corrected chi connectivity index (χ3v) is 3.09. The zero-order chi connectivity index (χ0) is 15.4. The number of hydrogen-bond donors (Lipinski definition) is 2. The number of carbonyl (C=O) groups excluding carboxylic acids is 2. The summed E-state index contributed by atoms with van der Waals surface area (Å²) < 4.78 is 5.13. The highest BCUT2D eigenvalue weighted by atomic mass is 35.5. The first-order chi connectivity index (χ1) is 9.27. The second-order valence-electron chi connectivity index (χ2n) is 4.57. The minimum Gasteiger partial charge on any atom is -0.496 e. The van der Waals surface area contributed by atoms with Crippen LogP contribution in [0.3, 0.4) is 0 Å². The van der Waals surface area contributed by atoms with Crippen LogP contribution in [-0.4, -0.2) is 36.4 Å². The number of benzene rings is 1. The van der Waals surface area contributed by atoms with Gasteiger partial charge in [-0.05, 0) is 19.9 Å². The third-order valence-electron chi connectivity index (χ3n) is 2.76. The molecule has 118 valence electrons. The van der Waals surface area contributed by atoms with E-state index in [4.69, 9.17) is 27.8 Å². The highest BCUT2D eigenvalue weighted by Crippen LogP contribution is 2.30. The maximum absolute atomic E-state index is 12.5. The summed E-state index contributed by atoms with van der Waals surface area (Å²) >= 11 is 5.93. The molecule has 0 aromatic heterocycles. The first-order valence-corrected chi connectivity index (χ1v) is 6.38. The molecule has 0 aliphatic carbocycles. The summed E-state index contributed by atoms with van der Waals surface area (Å²) in [6, 6.07) is 2.70. The molecule has 0 heterocycles. The number of rotatable bonds is 5. The Balaban J connectivity index is 0.00000400. The summed E-state index contributed by atoms with van der Waals surface area (Å²) in [5.41, 5.74) is 11.4. The molecule has 0 radical (unpaired) electrons. The lowest BCUT2D eigenvalue weighted by Crippen LogP contribution is -2.42. The van der Waals surface area contributed by atoms with Crippen molar-refractivity contribution in [1.82, 2.24) is 4.90 Å². The van der Waals surface area contributed by atoms with E-state index >= 15 is 0 Å². The van der Waals surface area contributed by atoms with Crippen molar-refractivity contribution in [2.45, 2.75) is 19.9 Å². The maximum Gasteiger partial charge on any atom is 0.258 e. The lowest BCUT2D eigenvalue weighted by Gasteiger charge is -2.26. The van der Waals surface area contributed by atoms with Gasteiger partial charge in [-0.25, -0.2) is 0 Å². The van der Waals surface area contributed by atoms with Crippen LogP contribution in [0.25, 0.3) is 0 Å². The zero-order valence-corrected chi connectivity index (χ0v) is 13.6. The van der Waals surface area contributed by atoms with Gasteiger partial charge >= 0.3 is 0 Å². The van der Waals surface area contributed by atoms with Gasteiger partial charge in [0, 0.05) is 12.1 Å². The summed E-state index contributed by atoms with van der Waals surface area (Å²) in [6.07, 6.45) is 0. The van der Waals surface area contributed by atoms with Crippen LogP contribution in [0.2, 0.25) is 5.02 Å². The molecule has 1 aromatic rings. The van der Waals surface area contributed by atoms with Crippen LogP contribution in [0, 0.1) is 0 Å². The molecule has 0 atom stereocenters. The van der Waals surface area contributed by atoms with Gasteiger partial charge in [0.05, 0.1) is 29.9 Å². The first-order valence-electron chi connectivity index (χ1n) is 6.00. The highest BCUT2D eigenvalue weighted by Gasteiger charge is 2.24. The fourth-order valence-electron chi connectivity index (χ4n) is 1.72. The number of nitrogen functional groups attached to an aromatic ring is 1. The largest absolute Gasteiger partial charge is 0.496 e. The Morgan fingerprint density at radius 1 is 1.38 bits per heavy atom. The molecule has 0 bridgehead atoms. The molecule has 1 aromatic carbocycles. The number of carbonyl (C=O) groups is 2. The summed E-state index contributed by atoms with van der Waals surface area (Å²) in [5, 5.41) is 0.247. The monoisotopic (exact) mass is 335 g/mol. The predicted molar refractivity (Wildman–Crippen MR) is 85.0 cm³/mol. The molecule has 21 heavy (non-hydrogen) atoms. The standard InChI is InChI=1S/C13H18ClN3O3.ClH/c1-7(2)17(6-12(16)18)13(19)8-4-9(14)10(15)5-11(8)20-3;/h4-5,7H,6,15H2,1-3H3,(H2,16,18);1H. The van der Waals surface area contributed by atoms with Gasteiger partial charge in [0.25, 0.3) is 5.91 Å². The van der Waals surface area contributed by atoms with Gasteiger partial charge in [-0.1, -0.05) is 11.6 Å². The smallest absolute Gasteiger partial charge is 0.258 e. The van der Waals surface area contributed by atoms with Crippen molar-refractivity contribution in [3.63, 3.8) is 0 Å². The average Bonchev–Trinajstić information content (AvgIpc) is 2.37. The molecule has 6 nitrogen and oxygen atoms in total. The van der Waals surface area contributed by atoms with Gasteiger partial charge in [-0.15, -0.1) is 12.4 Å². The normalized spacial score (nSPS) is 9.95. The van der Waals surface area contributed by atoms with E-state index < -0.39 is 11.8 Å².